The number of nitroso groups, excluding NO2 is 1. The molecule has 0 aliphatic carbocycles. The van der Waals surface area contributed by atoms with E-state index in [1.165, 1.54) is 0 Å². The maximum atomic E-state index is 10.5. The largest absolute Gasteiger partial charge is 0.326 e. The number of benzene rings is 1. The number of anilines is 1. The molecular weight excluding hydrogens is 254 g/mol. The summed E-state index contributed by atoms with van der Waals surface area (Å²) in [7, 11) is 0. The molecule has 0 amide bonds. The molecule has 2 rings (SSSR count). The second-order valence-electron chi connectivity index (χ2n) is 5.65. The highest BCUT2D eigenvalue weighted by molar-refractivity contribution is 5.47. The van der Waals surface area contributed by atoms with E-state index in [9.17, 15) is 4.91 Å². The van der Waals surface area contributed by atoms with Crippen molar-refractivity contribution in [3.63, 3.8) is 0 Å². The minimum atomic E-state index is -0.109. The Morgan fingerprint density at radius 1 is 1.30 bits per heavy atom. The minimum Gasteiger partial charge on any atom is -0.326 e. The summed E-state index contributed by atoms with van der Waals surface area (Å²) < 4.78 is 1.67. The Bertz CT molecular complexity index is 595. The van der Waals surface area contributed by atoms with Crippen molar-refractivity contribution in [3.05, 3.63) is 46.5 Å². The van der Waals surface area contributed by atoms with Gasteiger partial charge in [-0.3, -0.25) is 0 Å². The first-order valence-electron chi connectivity index (χ1n) is 6.44. The molecule has 6 heteroatoms. The Hall–Kier alpha value is -2.21. The topological polar surface area (TPSA) is 85.3 Å². The summed E-state index contributed by atoms with van der Waals surface area (Å²) >= 11 is 0. The maximum Gasteiger partial charge on any atom is 0.152 e. The Kier molecular flexibility index (Phi) is 3.85. The summed E-state index contributed by atoms with van der Waals surface area (Å²) in [6, 6.07) is 9.53. The van der Waals surface area contributed by atoms with Crippen LogP contribution in [0.1, 0.15) is 32.0 Å². The zero-order valence-corrected chi connectivity index (χ0v) is 11.9. The van der Waals surface area contributed by atoms with Gasteiger partial charge in [0.05, 0.1) is 16.7 Å². The van der Waals surface area contributed by atoms with Crippen molar-refractivity contribution >= 4 is 5.82 Å². The molecule has 1 aromatic carbocycles. The summed E-state index contributed by atoms with van der Waals surface area (Å²) in [5.74, 6) is 0.547. The average molecular weight is 273 g/mol. The van der Waals surface area contributed by atoms with Crippen LogP contribution >= 0.6 is 0 Å². The van der Waals surface area contributed by atoms with Crippen molar-refractivity contribution in [1.82, 2.24) is 9.78 Å². The highest BCUT2D eigenvalue weighted by atomic mass is 16.3. The van der Waals surface area contributed by atoms with E-state index in [0.29, 0.717) is 12.4 Å². The van der Waals surface area contributed by atoms with Crippen LogP contribution in [0.15, 0.2) is 35.6 Å². The maximum absolute atomic E-state index is 10.5. The molecule has 0 radical (unpaired) electrons. The second kappa shape index (κ2) is 5.42. The molecule has 6 nitrogen and oxygen atoms in total. The van der Waals surface area contributed by atoms with Crippen molar-refractivity contribution in [1.29, 1.82) is 0 Å². The van der Waals surface area contributed by atoms with Crippen LogP contribution < -0.4 is 11.2 Å². The van der Waals surface area contributed by atoms with Crippen molar-refractivity contribution < 1.29 is 0 Å². The predicted octanol–water partition coefficient (Wildman–Crippen LogP) is 2.72. The number of hydrogen-bond acceptors (Lipinski definition) is 4. The van der Waals surface area contributed by atoms with Gasteiger partial charge in [0, 0.05) is 18.0 Å². The zero-order valence-electron chi connectivity index (χ0n) is 11.9. The van der Waals surface area contributed by atoms with E-state index in [0.717, 1.165) is 16.9 Å². The van der Waals surface area contributed by atoms with Crippen molar-refractivity contribution in [2.45, 2.75) is 32.7 Å². The fourth-order valence-electron chi connectivity index (χ4n) is 1.84. The third-order valence-corrected chi connectivity index (χ3v) is 3.05. The van der Waals surface area contributed by atoms with Gasteiger partial charge in [-0.15, -0.1) is 4.91 Å². The van der Waals surface area contributed by atoms with Gasteiger partial charge in [-0.1, -0.05) is 32.9 Å². The predicted molar refractivity (Wildman–Crippen MR) is 79.6 cm³/mol. The van der Waals surface area contributed by atoms with Crippen LogP contribution in [0.2, 0.25) is 0 Å². The Morgan fingerprint density at radius 3 is 2.45 bits per heavy atom. The number of rotatable bonds is 4. The molecule has 0 fully saturated rings. The first kappa shape index (κ1) is 14.2. The number of aromatic nitrogens is 2. The number of nitrogens with zero attached hydrogens (tertiary/aromatic N) is 3. The molecule has 106 valence electrons. The molecule has 1 aromatic heterocycles. The first-order chi connectivity index (χ1) is 9.45. The molecule has 1 heterocycles. The van der Waals surface area contributed by atoms with Gasteiger partial charge in [0.1, 0.15) is 0 Å². The molecule has 2 aromatic rings. The van der Waals surface area contributed by atoms with Crippen LogP contribution in [0, 0.1) is 4.91 Å². The monoisotopic (exact) mass is 273 g/mol. The van der Waals surface area contributed by atoms with Gasteiger partial charge in [-0.2, -0.15) is 5.10 Å². The molecule has 20 heavy (non-hydrogen) atoms. The van der Waals surface area contributed by atoms with Crippen molar-refractivity contribution in [2.75, 3.05) is 5.43 Å². The molecule has 0 aliphatic heterocycles. The number of nitrogens with two attached hydrogens (primary N) is 1. The van der Waals surface area contributed by atoms with Crippen LogP contribution in [0.3, 0.4) is 0 Å². The van der Waals surface area contributed by atoms with Gasteiger partial charge >= 0.3 is 0 Å². The Labute approximate surface area is 117 Å². The highest BCUT2D eigenvalue weighted by Gasteiger charge is 2.20. The molecule has 0 atom stereocenters. The normalized spacial score (nSPS) is 11.4. The van der Waals surface area contributed by atoms with E-state index in [-0.39, 0.29) is 5.41 Å². The minimum absolute atomic E-state index is 0.109. The molecule has 0 saturated carbocycles. The summed E-state index contributed by atoms with van der Waals surface area (Å²) in [5.41, 5.74) is 10.7. The van der Waals surface area contributed by atoms with Gasteiger partial charge in [0.25, 0.3) is 0 Å². The molecule has 0 bridgehead atoms. The van der Waals surface area contributed by atoms with E-state index in [1.807, 2.05) is 30.3 Å². The van der Waals surface area contributed by atoms with E-state index < -0.39 is 0 Å². The quantitative estimate of drug-likeness (QED) is 0.662. The lowest BCUT2D eigenvalue weighted by atomic mass is 9.92. The lowest BCUT2D eigenvalue weighted by molar-refractivity contribution is 0.560. The molecule has 0 aliphatic rings. The fraction of sp³-hybridized carbons (Fsp3) is 0.357. The van der Waals surface area contributed by atoms with Gasteiger partial charge in [0.15, 0.2) is 5.82 Å². The first-order valence-corrected chi connectivity index (χ1v) is 6.44. The van der Waals surface area contributed by atoms with Crippen molar-refractivity contribution in [3.8, 4) is 5.69 Å². The summed E-state index contributed by atoms with van der Waals surface area (Å²) in [6.45, 7) is 6.69. The third-order valence-electron chi connectivity index (χ3n) is 3.05. The van der Waals surface area contributed by atoms with Gasteiger partial charge < -0.3 is 5.73 Å². The van der Waals surface area contributed by atoms with Gasteiger partial charge in [0.2, 0.25) is 0 Å². The third kappa shape index (κ3) is 2.85. The van der Waals surface area contributed by atoms with Gasteiger partial charge in [-0.25, -0.2) is 10.1 Å². The van der Waals surface area contributed by atoms with E-state index in [4.69, 9.17) is 5.73 Å². The van der Waals surface area contributed by atoms with E-state index >= 15 is 0 Å². The fourth-order valence-corrected chi connectivity index (χ4v) is 1.84. The average Bonchev–Trinajstić information content (AvgIpc) is 2.83. The lowest BCUT2D eigenvalue weighted by Gasteiger charge is -2.14. The zero-order chi connectivity index (χ0) is 14.8. The Balaban J connectivity index is 2.47. The van der Waals surface area contributed by atoms with Crippen LogP contribution in [0.25, 0.3) is 5.69 Å². The summed E-state index contributed by atoms with van der Waals surface area (Å²) in [5, 5.41) is 7.29. The van der Waals surface area contributed by atoms with Crippen LogP contribution in [0.4, 0.5) is 5.82 Å². The summed E-state index contributed by atoms with van der Waals surface area (Å²) in [4.78, 5) is 10.5. The highest BCUT2D eigenvalue weighted by Crippen LogP contribution is 2.26. The number of hydrogen-bond donors (Lipinski definition) is 2. The molecule has 3 N–H and O–H groups in total. The van der Waals surface area contributed by atoms with Gasteiger partial charge in [-0.05, 0) is 17.7 Å². The standard InChI is InChI=1S/C14H19N5O/c1-14(2,3)12-8-13(16-18-20)19(17-12)11-6-4-10(9-15)5-7-11/h4-8H,9,15H2,1-3H3,(H,16,20). The molecule has 0 spiro atoms. The SMILES string of the molecule is CC(C)(C)c1cc(NN=O)n(-c2ccc(CN)cc2)n1. The Morgan fingerprint density at radius 2 is 1.95 bits per heavy atom. The van der Waals surface area contributed by atoms with E-state index in [1.54, 1.807) is 4.68 Å². The molecule has 0 unspecified atom stereocenters. The van der Waals surface area contributed by atoms with Crippen LogP contribution in [0.5, 0.6) is 0 Å². The van der Waals surface area contributed by atoms with Crippen LogP contribution in [-0.2, 0) is 12.0 Å². The van der Waals surface area contributed by atoms with Crippen molar-refractivity contribution in [2.24, 2.45) is 11.0 Å². The molecule has 0 saturated heterocycles. The molecular formula is C14H19N5O. The second-order valence-corrected chi connectivity index (χ2v) is 5.65. The van der Waals surface area contributed by atoms with E-state index in [2.05, 4.69) is 36.6 Å². The smallest absolute Gasteiger partial charge is 0.152 e. The number of nitrogens with one attached hydrogen (secondary N) is 1. The van der Waals surface area contributed by atoms with Crippen LogP contribution in [-0.4, -0.2) is 9.78 Å². The lowest BCUT2D eigenvalue weighted by Crippen LogP contribution is -2.12. The summed E-state index contributed by atoms with van der Waals surface area (Å²) in [6.07, 6.45) is 0.